The predicted molar refractivity (Wildman–Crippen MR) is 135 cm³/mol. The van der Waals surface area contributed by atoms with Gasteiger partial charge >= 0.3 is 0 Å². The average molecular weight is 569 g/mol. The lowest BCUT2D eigenvalue weighted by atomic mass is 9.98. The molecule has 0 amide bonds. The number of hydrogen-bond acceptors (Lipinski definition) is 5. The highest BCUT2D eigenvalue weighted by Crippen LogP contribution is 2.20. The van der Waals surface area contributed by atoms with Crippen LogP contribution in [0.5, 0.6) is 0 Å². The molecule has 10 heteroatoms. The fourth-order valence-corrected chi connectivity index (χ4v) is 4.43. The summed E-state index contributed by atoms with van der Waals surface area (Å²) in [6.45, 7) is 2.56. The SMILES string of the molecule is CN=C(NCCCOC1CCCCC1)NCc1cccc(S(=O)(=O)NCCOC)c1.I. The van der Waals surface area contributed by atoms with Crippen molar-refractivity contribution in [3.63, 3.8) is 0 Å². The molecule has 0 spiro atoms. The standard InChI is InChI=1S/C21H36N4O4S.HI/c1-22-21(23-12-7-14-29-19-9-4-3-5-10-19)24-17-18-8-6-11-20(16-18)30(26,27)25-13-15-28-2;/h6,8,11,16,19,25H,3-5,7,9-10,12-15,17H2,1-2H3,(H2,22,23,24);1H. The van der Waals surface area contributed by atoms with Gasteiger partial charge in [-0.3, -0.25) is 4.99 Å². The summed E-state index contributed by atoms with van der Waals surface area (Å²) in [4.78, 5) is 4.46. The van der Waals surface area contributed by atoms with E-state index in [9.17, 15) is 8.42 Å². The third-order valence-corrected chi connectivity index (χ3v) is 6.47. The Morgan fingerprint density at radius 3 is 2.61 bits per heavy atom. The fourth-order valence-electron chi connectivity index (χ4n) is 3.35. The van der Waals surface area contributed by atoms with Gasteiger partial charge < -0.3 is 20.1 Å². The normalized spacial score (nSPS) is 15.4. The van der Waals surface area contributed by atoms with E-state index in [0.717, 1.165) is 25.1 Å². The van der Waals surface area contributed by atoms with Gasteiger partial charge in [-0.2, -0.15) is 0 Å². The van der Waals surface area contributed by atoms with Crippen molar-refractivity contribution in [3.05, 3.63) is 29.8 Å². The van der Waals surface area contributed by atoms with Crippen LogP contribution in [0.15, 0.2) is 34.2 Å². The van der Waals surface area contributed by atoms with Gasteiger partial charge in [-0.15, -0.1) is 24.0 Å². The Balaban J connectivity index is 0.00000480. The molecule has 1 saturated carbocycles. The van der Waals surface area contributed by atoms with Crippen molar-refractivity contribution in [2.24, 2.45) is 4.99 Å². The lowest BCUT2D eigenvalue weighted by Crippen LogP contribution is -2.37. The van der Waals surface area contributed by atoms with Crippen molar-refractivity contribution in [2.45, 2.75) is 56.1 Å². The maximum atomic E-state index is 12.3. The lowest BCUT2D eigenvalue weighted by Gasteiger charge is -2.22. The van der Waals surface area contributed by atoms with E-state index in [2.05, 4.69) is 20.3 Å². The van der Waals surface area contributed by atoms with Crippen LogP contribution in [0.1, 0.15) is 44.1 Å². The van der Waals surface area contributed by atoms with E-state index < -0.39 is 10.0 Å². The van der Waals surface area contributed by atoms with Gasteiger partial charge in [-0.1, -0.05) is 31.4 Å². The zero-order valence-corrected chi connectivity index (χ0v) is 21.7. The van der Waals surface area contributed by atoms with Crippen LogP contribution in [0.2, 0.25) is 0 Å². The van der Waals surface area contributed by atoms with Crippen molar-refractivity contribution in [1.29, 1.82) is 0 Å². The van der Waals surface area contributed by atoms with E-state index in [4.69, 9.17) is 9.47 Å². The van der Waals surface area contributed by atoms with Crippen LogP contribution in [0.25, 0.3) is 0 Å². The van der Waals surface area contributed by atoms with Crippen molar-refractivity contribution in [2.75, 3.05) is 40.5 Å². The van der Waals surface area contributed by atoms with Crippen LogP contribution in [0, 0.1) is 0 Å². The van der Waals surface area contributed by atoms with Gasteiger partial charge in [0.15, 0.2) is 5.96 Å². The van der Waals surface area contributed by atoms with Gasteiger partial charge in [0.05, 0.1) is 17.6 Å². The second-order valence-corrected chi connectivity index (χ2v) is 9.14. The molecule has 0 saturated heterocycles. The van der Waals surface area contributed by atoms with E-state index in [1.165, 1.54) is 39.2 Å². The summed E-state index contributed by atoms with van der Waals surface area (Å²) < 4.78 is 38.0. The van der Waals surface area contributed by atoms with Gasteiger partial charge in [0, 0.05) is 40.4 Å². The molecule has 8 nitrogen and oxygen atoms in total. The summed E-state index contributed by atoms with van der Waals surface area (Å²) in [5.74, 6) is 0.680. The van der Waals surface area contributed by atoms with Crippen LogP contribution in [-0.4, -0.2) is 60.9 Å². The molecule has 1 fully saturated rings. The lowest BCUT2D eigenvalue weighted by molar-refractivity contribution is 0.0277. The molecule has 0 aliphatic heterocycles. The minimum atomic E-state index is -3.55. The van der Waals surface area contributed by atoms with Gasteiger partial charge in [0.25, 0.3) is 0 Å². The Bertz CT molecular complexity index is 756. The van der Waals surface area contributed by atoms with E-state index in [0.29, 0.717) is 25.2 Å². The Labute approximate surface area is 204 Å². The predicted octanol–water partition coefficient (Wildman–Crippen LogP) is 2.63. The second kappa shape index (κ2) is 15.8. The topological polar surface area (TPSA) is 101 Å². The van der Waals surface area contributed by atoms with Crippen molar-refractivity contribution in [1.82, 2.24) is 15.4 Å². The number of halogens is 1. The summed E-state index contributed by atoms with van der Waals surface area (Å²) in [5.41, 5.74) is 0.855. The zero-order valence-electron chi connectivity index (χ0n) is 18.6. The Morgan fingerprint density at radius 1 is 1.13 bits per heavy atom. The number of benzene rings is 1. The van der Waals surface area contributed by atoms with Crippen LogP contribution < -0.4 is 15.4 Å². The van der Waals surface area contributed by atoms with Crippen molar-refractivity contribution >= 4 is 40.0 Å². The van der Waals surface area contributed by atoms with Gasteiger partial charge in [0.1, 0.15) is 0 Å². The quantitative estimate of drug-likeness (QED) is 0.155. The molecule has 1 aromatic rings. The number of nitrogens with zero attached hydrogens (tertiary/aromatic N) is 1. The maximum absolute atomic E-state index is 12.3. The van der Waals surface area contributed by atoms with E-state index in [1.807, 2.05) is 6.07 Å². The first-order chi connectivity index (χ1) is 14.5. The van der Waals surface area contributed by atoms with Crippen molar-refractivity contribution in [3.8, 4) is 0 Å². The smallest absolute Gasteiger partial charge is 0.240 e. The summed E-state index contributed by atoms with van der Waals surface area (Å²) in [6, 6.07) is 6.86. The third kappa shape index (κ3) is 11.0. The van der Waals surface area contributed by atoms with E-state index in [-0.39, 0.29) is 35.4 Å². The Hall–Kier alpha value is -0.950. The molecule has 3 N–H and O–H groups in total. The molecule has 1 aliphatic rings. The molecular formula is C21H37IN4O4S. The first kappa shape index (κ1) is 28.1. The Morgan fingerprint density at radius 2 is 1.90 bits per heavy atom. The van der Waals surface area contributed by atoms with E-state index >= 15 is 0 Å². The first-order valence-electron chi connectivity index (χ1n) is 10.7. The Kier molecular flexibility index (Phi) is 14.3. The molecule has 178 valence electrons. The molecule has 0 heterocycles. The summed E-state index contributed by atoms with van der Waals surface area (Å²) in [7, 11) is -0.297. The number of guanidine groups is 1. The fraction of sp³-hybridized carbons (Fsp3) is 0.667. The number of methoxy groups -OCH3 is 1. The van der Waals surface area contributed by atoms with Crippen LogP contribution in [0.3, 0.4) is 0 Å². The molecule has 0 bridgehead atoms. The first-order valence-corrected chi connectivity index (χ1v) is 12.2. The number of sulfonamides is 1. The molecule has 0 radical (unpaired) electrons. The molecule has 0 unspecified atom stereocenters. The molecule has 1 aromatic carbocycles. The molecule has 0 aromatic heterocycles. The van der Waals surface area contributed by atoms with Gasteiger partial charge in [0.2, 0.25) is 10.0 Å². The number of nitrogens with one attached hydrogen (secondary N) is 3. The number of ether oxygens (including phenoxy) is 2. The van der Waals surface area contributed by atoms with Gasteiger partial charge in [-0.25, -0.2) is 13.1 Å². The van der Waals surface area contributed by atoms with E-state index in [1.54, 1.807) is 25.2 Å². The monoisotopic (exact) mass is 568 g/mol. The van der Waals surface area contributed by atoms with Gasteiger partial charge in [-0.05, 0) is 37.0 Å². The third-order valence-electron chi connectivity index (χ3n) is 5.01. The van der Waals surface area contributed by atoms with Crippen molar-refractivity contribution < 1.29 is 17.9 Å². The molecule has 1 aliphatic carbocycles. The molecule has 31 heavy (non-hydrogen) atoms. The maximum Gasteiger partial charge on any atom is 0.240 e. The number of aliphatic imine (C=N–C) groups is 1. The second-order valence-electron chi connectivity index (χ2n) is 7.37. The minimum absolute atomic E-state index is 0. The van der Waals surface area contributed by atoms with Crippen LogP contribution in [0.4, 0.5) is 0 Å². The molecule has 2 rings (SSSR count). The molecular weight excluding hydrogens is 531 g/mol. The number of rotatable bonds is 12. The largest absolute Gasteiger partial charge is 0.383 e. The zero-order chi connectivity index (χ0) is 21.7. The summed E-state index contributed by atoms with van der Waals surface area (Å²) in [6.07, 6.45) is 7.63. The minimum Gasteiger partial charge on any atom is -0.383 e. The highest BCUT2D eigenvalue weighted by molar-refractivity contribution is 14.0. The summed E-state index contributed by atoms with van der Waals surface area (Å²) in [5, 5.41) is 6.49. The average Bonchev–Trinajstić information content (AvgIpc) is 2.76. The van der Waals surface area contributed by atoms with Crippen LogP contribution >= 0.6 is 24.0 Å². The highest BCUT2D eigenvalue weighted by Gasteiger charge is 2.14. The highest BCUT2D eigenvalue weighted by atomic mass is 127. The number of hydrogen-bond donors (Lipinski definition) is 3. The van der Waals surface area contributed by atoms with Crippen LogP contribution in [-0.2, 0) is 26.0 Å². The summed E-state index contributed by atoms with van der Waals surface area (Å²) >= 11 is 0. The molecule has 0 atom stereocenters.